The number of imidazole rings is 1. The van der Waals surface area contributed by atoms with Crippen LogP contribution in [0, 0.1) is 12.7 Å². The fraction of sp³-hybridized carbons (Fsp3) is 0.160. The van der Waals surface area contributed by atoms with E-state index in [1.54, 1.807) is 18.2 Å². The number of urea groups is 1. The molecule has 0 bridgehead atoms. The lowest BCUT2D eigenvalue weighted by Gasteiger charge is -2.21. The number of halogens is 4. The Morgan fingerprint density at radius 2 is 1.97 bits per heavy atom. The summed E-state index contributed by atoms with van der Waals surface area (Å²) in [6.45, 7) is 1.59. The Bertz CT molecular complexity index is 1500. The van der Waals surface area contributed by atoms with Crippen LogP contribution in [0.1, 0.15) is 11.3 Å². The van der Waals surface area contributed by atoms with E-state index < -0.39 is 17.8 Å². The molecule has 0 aliphatic rings. The number of benzene rings is 2. The molecule has 2 N–H and O–H groups in total. The number of fused-ring (bicyclic) bond motifs is 1. The van der Waals surface area contributed by atoms with E-state index in [1.807, 2.05) is 23.6 Å². The third-order valence-electron chi connectivity index (χ3n) is 5.47. The van der Waals surface area contributed by atoms with Gasteiger partial charge in [-0.3, -0.25) is 9.20 Å². The van der Waals surface area contributed by atoms with E-state index in [2.05, 4.69) is 31.5 Å². The van der Waals surface area contributed by atoms with Crippen LogP contribution in [-0.2, 0) is 11.4 Å². The van der Waals surface area contributed by atoms with Crippen LogP contribution in [-0.4, -0.2) is 34.9 Å². The standard InChI is InChI=1S/C25H21BrCl2FN5O3/c1-14-23(26)34-10-4-7-20(24(34)31-14)37-13-17-18(27)8-9-19(22(17)28)33(2)21(35)12-30-25(36)32-16-6-3-5-15(29)11-16/h3-11H,12-13H2,1-2H3,(H2,30,32,36). The average molecular weight is 609 g/mol. The number of nitrogens with one attached hydrogen (secondary N) is 2. The second-order valence-corrected chi connectivity index (χ2v) is 9.51. The van der Waals surface area contributed by atoms with Crippen LogP contribution in [0.25, 0.3) is 5.65 Å². The van der Waals surface area contributed by atoms with E-state index in [9.17, 15) is 14.0 Å². The number of carbonyl (C=O) groups is 2. The van der Waals surface area contributed by atoms with Crippen LogP contribution in [0.4, 0.5) is 20.6 Å². The first-order chi connectivity index (χ1) is 17.7. The van der Waals surface area contributed by atoms with E-state index in [-0.39, 0.29) is 23.9 Å². The molecule has 4 aromatic rings. The molecule has 0 atom stereocenters. The highest BCUT2D eigenvalue weighted by atomic mass is 79.9. The van der Waals surface area contributed by atoms with Crippen molar-refractivity contribution in [1.82, 2.24) is 14.7 Å². The molecule has 0 aliphatic heterocycles. The maximum Gasteiger partial charge on any atom is 0.319 e. The fourth-order valence-electron chi connectivity index (χ4n) is 3.52. The molecule has 2 aromatic carbocycles. The number of pyridine rings is 1. The summed E-state index contributed by atoms with van der Waals surface area (Å²) in [6.07, 6.45) is 1.86. The van der Waals surface area contributed by atoms with Crippen molar-refractivity contribution in [2.75, 3.05) is 23.8 Å². The van der Waals surface area contributed by atoms with Crippen molar-refractivity contribution in [2.24, 2.45) is 0 Å². The van der Waals surface area contributed by atoms with Gasteiger partial charge >= 0.3 is 6.03 Å². The normalized spacial score (nSPS) is 10.9. The molecule has 0 unspecified atom stereocenters. The molecule has 0 saturated heterocycles. The number of aryl methyl sites for hydroxylation is 1. The van der Waals surface area contributed by atoms with E-state index in [1.165, 1.54) is 30.1 Å². The monoisotopic (exact) mass is 607 g/mol. The van der Waals surface area contributed by atoms with Gasteiger partial charge in [0.15, 0.2) is 11.4 Å². The van der Waals surface area contributed by atoms with E-state index in [4.69, 9.17) is 27.9 Å². The molecule has 8 nitrogen and oxygen atoms in total. The van der Waals surface area contributed by atoms with Crippen LogP contribution < -0.4 is 20.3 Å². The lowest BCUT2D eigenvalue weighted by Crippen LogP contribution is -2.40. The first-order valence-electron chi connectivity index (χ1n) is 11.0. The lowest BCUT2D eigenvalue weighted by molar-refractivity contribution is -0.117. The number of hydrogen-bond donors (Lipinski definition) is 2. The third-order valence-corrected chi connectivity index (χ3v) is 7.20. The van der Waals surface area contributed by atoms with E-state index >= 15 is 0 Å². The second kappa shape index (κ2) is 11.4. The minimum absolute atomic E-state index is 0.0328. The van der Waals surface area contributed by atoms with E-state index in [0.717, 1.165) is 16.4 Å². The van der Waals surface area contributed by atoms with Crippen molar-refractivity contribution in [3.8, 4) is 5.75 Å². The molecule has 2 aromatic heterocycles. The Balaban J connectivity index is 1.44. The summed E-state index contributed by atoms with van der Waals surface area (Å²) in [5.41, 5.74) is 2.58. The highest BCUT2D eigenvalue weighted by molar-refractivity contribution is 9.10. The Morgan fingerprint density at radius 3 is 2.73 bits per heavy atom. The summed E-state index contributed by atoms with van der Waals surface area (Å²) in [7, 11) is 1.53. The number of rotatable bonds is 7. The van der Waals surface area contributed by atoms with Gasteiger partial charge in [0.2, 0.25) is 5.91 Å². The van der Waals surface area contributed by atoms with Crippen molar-refractivity contribution in [3.63, 3.8) is 0 Å². The molecular weight excluding hydrogens is 588 g/mol. The summed E-state index contributed by atoms with van der Waals surface area (Å²) < 4.78 is 22.0. The molecular formula is C25H21BrCl2FN5O3. The molecule has 0 fully saturated rings. The summed E-state index contributed by atoms with van der Waals surface area (Å²) in [5, 5.41) is 5.52. The molecule has 0 saturated carbocycles. The van der Waals surface area contributed by atoms with Crippen LogP contribution in [0.15, 0.2) is 59.3 Å². The zero-order valence-corrected chi connectivity index (χ0v) is 22.8. The number of amides is 3. The van der Waals surface area contributed by atoms with E-state index in [0.29, 0.717) is 27.7 Å². The van der Waals surface area contributed by atoms with Gasteiger partial charge in [0.25, 0.3) is 0 Å². The summed E-state index contributed by atoms with van der Waals surface area (Å²) in [6, 6.07) is 11.6. The van der Waals surface area contributed by atoms with Crippen molar-refractivity contribution >= 4 is 68.1 Å². The van der Waals surface area contributed by atoms with Gasteiger partial charge in [-0.25, -0.2) is 14.2 Å². The van der Waals surface area contributed by atoms with Gasteiger partial charge in [0.1, 0.15) is 17.0 Å². The van der Waals surface area contributed by atoms with Crippen LogP contribution in [0.5, 0.6) is 5.75 Å². The van der Waals surface area contributed by atoms with Gasteiger partial charge in [-0.15, -0.1) is 0 Å². The van der Waals surface area contributed by atoms with Crippen molar-refractivity contribution in [3.05, 3.63) is 86.5 Å². The first kappa shape index (κ1) is 26.7. The second-order valence-electron chi connectivity index (χ2n) is 7.97. The smallest absolute Gasteiger partial charge is 0.319 e. The Hall–Kier alpha value is -3.34. The lowest BCUT2D eigenvalue weighted by atomic mass is 10.2. The largest absolute Gasteiger partial charge is 0.485 e. The SMILES string of the molecule is Cc1nc2c(OCc3c(Cl)ccc(N(C)C(=O)CNC(=O)Nc4cccc(F)c4)c3Cl)cccn2c1Br. The minimum Gasteiger partial charge on any atom is -0.485 e. The molecule has 37 heavy (non-hydrogen) atoms. The Kier molecular flexibility index (Phi) is 8.21. The highest BCUT2D eigenvalue weighted by Gasteiger charge is 2.20. The number of carbonyl (C=O) groups excluding carboxylic acids is 2. The van der Waals surface area contributed by atoms with Gasteiger partial charge in [-0.05, 0) is 65.3 Å². The maximum absolute atomic E-state index is 13.3. The number of hydrogen-bond acceptors (Lipinski definition) is 4. The van der Waals surface area contributed by atoms with Gasteiger partial charge in [-0.2, -0.15) is 0 Å². The molecule has 0 spiro atoms. The molecule has 0 radical (unpaired) electrons. The number of aromatic nitrogens is 2. The fourth-order valence-corrected chi connectivity index (χ4v) is 4.50. The molecule has 192 valence electrons. The Labute approximate surface area is 230 Å². The summed E-state index contributed by atoms with van der Waals surface area (Å²) in [4.78, 5) is 30.7. The van der Waals surface area contributed by atoms with Crippen molar-refractivity contribution in [1.29, 1.82) is 0 Å². The molecule has 2 heterocycles. The Morgan fingerprint density at radius 1 is 1.19 bits per heavy atom. The molecule has 4 rings (SSSR count). The first-order valence-corrected chi connectivity index (χ1v) is 12.5. The average Bonchev–Trinajstić information content (AvgIpc) is 3.16. The van der Waals surface area contributed by atoms with Gasteiger partial charge in [0, 0.05) is 29.5 Å². The molecule has 0 aliphatic carbocycles. The topological polar surface area (TPSA) is 88.0 Å². The quantitative estimate of drug-likeness (QED) is 0.261. The number of nitrogens with zero attached hydrogens (tertiary/aromatic N) is 3. The van der Waals surface area contributed by atoms with Crippen molar-refractivity contribution < 1.29 is 18.7 Å². The van der Waals surface area contributed by atoms with Crippen LogP contribution >= 0.6 is 39.1 Å². The minimum atomic E-state index is -0.654. The zero-order valence-electron chi connectivity index (χ0n) is 19.7. The zero-order chi connectivity index (χ0) is 26.7. The number of ether oxygens (including phenoxy) is 1. The number of likely N-dealkylation sites (N-methyl/N-ethyl adjacent to an activating group) is 1. The van der Waals surface area contributed by atoms with Gasteiger partial charge < -0.3 is 20.3 Å². The summed E-state index contributed by atoms with van der Waals surface area (Å²) >= 11 is 16.5. The molecule has 3 amide bonds. The molecule has 12 heteroatoms. The third kappa shape index (κ3) is 5.98. The predicted molar refractivity (Wildman–Crippen MR) is 145 cm³/mol. The maximum atomic E-state index is 13.3. The van der Waals surface area contributed by atoms with Gasteiger partial charge in [0.05, 0.1) is 22.9 Å². The summed E-state index contributed by atoms with van der Waals surface area (Å²) in [5.74, 6) is -0.394. The van der Waals surface area contributed by atoms with Crippen LogP contribution in [0.2, 0.25) is 10.0 Å². The van der Waals surface area contributed by atoms with Crippen molar-refractivity contribution in [2.45, 2.75) is 13.5 Å². The van der Waals surface area contributed by atoms with Gasteiger partial charge in [-0.1, -0.05) is 29.3 Å². The number of anilines is 2. The predicted octanol–water partition coefficient (Wildman–Crippen LogP) is 6.21. The van der Waals surface area contributed by atoms with Crippen LogP contribution in [0.3, 0.4) is 0 Å². The highest BCUT2D eigenvalue weighted by Crippen LogP contribution is 2.35.